The van der Waals surface area contributed by atoms with Crippen LogP contribution in [0.3, 0.4) is 0 Å². The highest BCUT2D eigenvalue weighted by Gasteiger charge is 2.32. The summed E-state index contributed by atoms with van der Waals surface area (Å²) in [6.07, 6.45) is 6.92. The van der Waals surface area contributed by atoms with Gasteiger partial charge in [0.1, 0.15) is 16.6 Å². The van der Waals surface area contributed by atoms with E-state index in [0.29, 0.717) is 29.8 Å². The van der Waals surface area contributed by atoms with Gasteiger partial charge in [-0.15, -0.1) is 11.3 Å². The van der Waals surface area contributed by atoms with E-state index in [2.05, 4.69) is 41.7 Å². The van der Waals surface area contributed by atoms with Gasteiger partial charge in [-0.25, -0.2) is 9.67 Å². The van der Waals surface area contributed by atoms with E-state index in [1.165, 1.54) is 11.3 Å². The van der Waals surface area contributed by atoms with Gasteiger partial charge in [0.05, 0.1) is 22.0 Å². The molecule has 11 heteroatoms. The molecule has 0 bridgehead atoms. The molecule has 4 aromatic rings. The zero-order chi connectivity index (χ0) is 31.4. The Kier molecular flexibility index (Phi) is 9.32. The number of hydrogen-bond acceptors (Lipinski definition) is 7. The average molecular weight is 613 g/mol. The first-order chi connectivity index (χ1) is 21.0. The van der Waals surface area contributed by atoms with Crippen LogP contribution in [0.4, 0.5) is 5.95 Å². The lowest BCUT2D eigenvalue weighted by molar-refractivity contribution is -0.127. The Morgan fingerprint density at radius 3 is 2.75 bits per heavy atom. The third-order valence-electron chi connectivity index (χ3n) is 7.43. The second-order valence-corrected chi connectivity index (χ2v) is 13.8. The van der Waals surface area contributed by atoms with Crippen LogP contribution in [-0.2, 0) is 17.9 Å². The molecule has 44 heavy (non-hydrogen) atoms. The van der Waals surface area contributed by atoms with E-state index in [9.17, 15) is 14.9 Å². The van der Waals surface area contributed by atoms with Gasteiger partial charge in [-0.3, -0.25) is 14.9 Å². The molecule has 1 atom stereocenters. The number of aromatic nitrogens is 4. The van der Waals surface area contributed by atoms with Crippen molar-refractivity contribution in [2.24, 2.45) is 11.3 Å². The number of amides is 2. The van der Waals surface area contributed by atoms with Crippen LogP contribution in [0.15, 0.2) is 60.4 Å². The molecule has 10 nitrogen and oxygen atoms in total. The van der Waals surface area contributed by atoms with Crippen LogP contribution in [0.1, 0.15) is 62.7 Å². The molecular formula is C33H40N8O2S. The molecule has 0 aliphatic carbocycles. The van der Waals surface area contributed by atoms with E-state index in [0.717, 1.165) is 47.5 Å². The number of nitrogens with one attached hydrogen (secondary N) is 2. The molecule has 0 unspecified atom stereocenters. The van der Waals surface area contributed by atoms with E-state index in [4.69, 9.17) is 4.98 Å². The SMILES string of the molecule is CC(C)CNCc1ccc2c(c1)nc(NC(=O)c1ccc(-n3cccn3)s1)n2C[C@H]1CCCN1C(=O)/C(C#N)=C/C(C)(C)C. The highest BCUT2D eigenvalue weighted by molar-refractivity contribution is 7.16. The molecule has 0 saturated carbocycles. The smallest absolute Gasteiger partial charge is 0.268 e. The standard InChI is InChI=1S/C33H40N8O2S/c1-22(2)19-35-20-23-9-10-27-26(16-23)37-32(38-30(42)28-11-12-29(44-28)41-15-7-13-36-41)40(27)21-25-8-6-14-39(25)31(43)24(18-34)17-33(3,4)5/h7,9-13,15-17,22,25,35H,6,8,14,19-21H2,1-5H3,(H,37,38,42)/b24-17+/t25-/m1/s1. The van der Waals surface area contributed by atoms with Gasteiger partial charge in [-0.2, -0.15) is 10.4 Å². The lowest BCUT2D eigenvalue weighted by Gasteiger charge is -2.26. The summed E-state index contributed by atoms with van der Waals surface area (Å²) in [4.78, 5) is 34.2. The fraction of sp³-hybridized carbons (Fsp3) is 0.424. The molecule has 1 fully saturated rings. The molecule has 0 radical (unpaired) electrons. The minimum Gasteiger partial charge on any atom is -0.333 e. The predicted molar refractivity (Wildman–Crippen MR) is 174 cm³/mol. The number of likely N-dealkylation sites (tertiary alicyclic amines) is 1. The Bertz CT molecular complexity index is 1700. The van der Waals surface area contributed by atoms with Crippen molar-refractivity contribution in [3.05, 3.63) is 70.9 Å². The van der Waals surface area contributed by atoms with Crippen molar-refractivity contribution in [3.8, 4) is 11.1 Å². The number of carbonyl (C=O) groups is 2. The molecule has 3 aromatic heterocycles. The largest absolute Gasteiger partial charge is 0.333 e. The molecule has 1 aliphatic heterocycles. The van der Waals surface area contributed by atoms with E-state index in [1.807, 2.05) is 55.8 Å². The Labute approximate surface area is 262 Å². The Hall–Kier alpha value is -4.27. The Balaban J connectivity index is 1.45. The minimum absolute atomic E-state index is 0.146. The van der Waals surface area contributed by atoms with Gasteiger partial charge >= 0.3 is 0 Å². The summed E-state index contributed by atoms with van der Waals surface area (Å²) in [7, 11) is 0. The summed E-state index contributed by atoms with van der Waals surface area (Å²) in [6.45, 7) is 12.9. The van der Waals surface area contributed by atoms with Gasteiger partial charge in [0, 0.05) is 32.0 Å². The van der Waals surface area contributed by atoms with Gasteiger partial charge in [0.25, 0.3) is 11.8 Å². The van der Waals surface area contributed by atoms with Crippen molar-refractivity contribution in [2.75, 3.05) is 18.4 Å². The maximum absolute atomic E-state index is 13.5. The third-order valence-corrected chi connectivity index (χ3v) is 8.50. The van der Waals surface area contributed by atoms with Gasteiger partial charge in [0.2, 0.25) is 5.95 Å². The molecular weight excluding hydrogens is 572 g/mol. The van der Waals surface area contributed by atoms with Crippen LogP contribution in [0, 0.1) is 22.7 Å². The highest BCUT2D eigenvalue weighted by Crippen LogP contribution is 2.29. The first-order valence-electron chi connectivity index (χ1n) is 15.1. The third kappa shape index (κ3) is 7.26. The van der Waals surface area contributed by atoms with Crippen LogP contribution < -0.4 is 10.6 Å². The van der Waals surface area contributed by atoms with E-state index in [1.54, 1.807) is 27.9 Å². The first-order valence-corrected chi connectivity index (χ1v) is 15.9. The van der Waals surface area contributed by atoms with Crippen LogP contribution in [0.2, 0.25) is 0 Å². The number of thiophene rings is 1. The molecule has 2 N–H and O–H groups in total. The fourth-order valence-electron chi connectivity index (χ4n) is 5.44. The maximum Gasteiger partial charge on any atom is 0.268 e. The van der Waals surface area contributed by atoms with E-state index in [-0.39, 0.29) is 28.8 Å². The quantitative estimate of drug-likeness (QED) is 0.173. The topological polar surface area (TPSA) is 121 Å². The number of hydrogen-bond donors (Lipinski definition) is 2. The number of rotatable bonds is 10. The monoisotopic (exact) mass is 612 g/mol. The van der Waals surface area contributed by atoms with Gasteiger partial charge < -0.3 is 14.8 Å². The second kappa shape index (κ2) is 13.2. The number of benzene rings is 1. The number of carbonyl (C=O) groups excluding carboxylic acids is 2. The van der Waals surface area contributed by atoms with Gasteiger partial charge in [-0.05, 0) is 66.6 Å². The lowest BCUT2D eigenvalue weighted by Crippen LogP contribution is -2.39. The average Bonchev–Trinajstić information content (AvgIpc) is 3.78. The van der Waals surface area contributed by atoms with Crippen LogP contribution >= 0.6 is 11.3 Å². The van der Waals surface area contributed by atoms with Crippen molar-refractivity contribution in [3.63, 3.8) is 0 Å². The number of anilines is 1. The predicted octanol–water partition coefficient (Wildman–Crippen LogP) is 5.77. The molecule has 1 saturated heterocycles. The maximum atomic E-state index is 13.5. The normalized spacial score (nSPS) is 15.7. The Morgan fingerprint density at radius 1 is 1.23 bits per heavy atom. The van der Waals surface area contributed by atoms with Crippen molar-refractivity contribution in [1.29, 1.82) is 5.26 Å². The molecule has 0 spiro atoms. The minimum atomic E-state index is -0.297. The van der Waals surface area contributed by atoms with Gasteiger partial charge in [-0.1, -0.05) is 46.8 Å². The van der Waals surface area contributed by atoms with Crippen molar-refractivity contribution in [1.82, 2.24) is 29.5 Å². The van der Waals surface area contributed by atoms with Crippen molar-refractivity contribution in [2.45, 2.75) is 66.6 Å². The summed E-state index contributed by atoms with van der Waals surface area (Å²) in [5.41, 5.74) is 2.62. The molecule has 4 heterocycles. The second-order valence-electron chi connectivity index (χ2n) is 12.8. The molecule has 1 aromatic carbocycles. The Morgan fingerprint density at radius 2 is 2.05 bits per heavy atom. The molecule has 2 amide bonds. The number of imidazole rings is 1. The summed E-state index contributed by atoms with van der Waals surface area (Å²) in [5.74, 6) is 0.463. The molecule has 230 valence electrons. The summed E-state index contributed by atoms with van der Waals surface area (Å²) < 4.78 is 3.72. The van der Waals surface area contributed by atoms with Crippen LogP contribution in [0.25, 0.3) is 16.0 Å². The number of nitrogens with zero attached hydrogens (tertiary/aromatic N) is 6. The zero-order valence-electron chi connectivity index (χ0n) is 26.0. The van der Waals surface area contributed by atoms with Crippen LogP contribution in [0.5, 0.6) is 0 Å². The number of nitriles is 1. The molecule has 5 rings (SSSR count). The van der Waals surface area contributed by atoms with E-state index >= 15 is 0 Å². The lowest BCUT2D eigenvalue weighted by atomic mass is 9.93. The van der Waals surface area contributed by atoms with Gasteiger partial charge in [0.15, 0.2) is 0 Å². The first kappa shape index (κ1) is 31.2. The summed E-state index contributed by atoms with van der Waals surface area (Å²) in [5, 5.41) is 21.4. The number of allylic oxidation sites excluding steroid dienone is 1. The highest BCUT2D eigenvalue weighted by atomic mass is 32.1. The fourth-order valence-corrected chi connectivity index (χ4v) is 6.28. The molecule has 1 aliphatic rings. The number of fused-ring (bicyclic) bond motifs is 1. The summed E-state index contributed by atoms with van der Waals surface area (Å²) >= 11 is 1.35. The summed E-state index contributed by atoms with van der Waals surface area (Å²) in [6, 6.07) is 13.6. The van der Waals surface area contributed by atoms with Crippen LogP contribution in [-0.4, -0.2) is 55.2 Å². The zero-order valence-corrected chi connectivity index (χ0v) is 26.8. The van der Waals surface area contributed by atoms with E-state index < -0.39 is 0 Å². The van der Waals surface area contributed by atoms with Crippen molar-refractivity contribution < 1.29 is 9.59 Å². The van der Waals surface area contributed by atoms with Crippen molar-refractivity contribution >= 4 is 40.1 Å².